The molecule has 0 saturated heterocycles. The van der Waals surface area contributed by atoms with Crippen LogP contribution in [0.3, 0.4) is 0 Å². The summed E-state index contributed by atoms with van der Waals surface area (Å²) in [5.41, 5.74) is 1.34. The van der Waals surface area contributed by atoms with Crippen molar-refractivity contribution in [2.45, 2.75) is 0 Å². The Morgan fingerprint density at radius 2 is 1.64 bits per heavy atom. The van der Waals surface area contributed by atoms with Crippen LogP contribution in [0.4, 0.5) is 4.39 Å². The van der Waals surface area contributed by atoms with Gasteiger partial charge in [0.05, 0.1) is 4.48 Å². The normalized spacial score (nSPS) is 12.2. The van der Waals surface area contributed by atoms with Crippen LogP contribution in [0.15, 0.2) is 54.6 Å². The molecule has 0 aliphatic rings. The van der Waals surface area contributed by atoms with Crippen LogP contribution in [0.1, 0.15) is 11.1 Å². The molecule has 2 nitrogen and oxygen atoms in total. The highest BCUT2D eigenvalue weighted by Gasteiger charge is 2.08. The first-order chi connectivity index (χ1) is 10.6. The smallest absolute Gasteiger partial charge is 0.145 e. The van der Waals surface area contributed by atoms with E-state index in [1.54, 1.807) is 12.1 Å². The molecule has 0 N–H and O–H groups in total. The van der Waals surface area contributed by atoms with Crippen molar-refractivity contribution in [1.82, 2.24) is 4.90 Å². The van der Waals surface area contributed by atoms with E-state index >= 15 is 0 Å². The van der Waals surface area contributed by atoms with E-state index in [0.29, 0.717) is 16.7 Å². The Labute approximate surface area is 139 Å². The molecule has 0 fully saturated rings. The van der Waals surface area contributed by atoms with E-state index in [9.17, 15) is 4.39 Å². The number of hydrogen-bond acceptors (Lipinski definition) is 2. The van der Waals surface area contributed by atoms with Crippen molar-refractivity contribution in [2.24, 2.45) is 0 Å². The summed E-state index contributed by atoms with van der Waals surface area (Å²) in [6, 6.07) is 16.4. The molecule has 0 spiro atoms. The molecule has 2 aromatic rings. The Balaban J connectivity index is 2.09. The maximum atomic E-state index is 14.4. The van der Waals surface area contributed by atoms with Gasteiger partial charge in [0.2, 0.25) is 0 Å². The SMILES string of the molecule is CN(C)CCOc1ccc(/C(Br)=C(/F)c2ccccc2)cc1. The monoisotopic (exact) mass is 363 g/mol. The van der Waals surface area contributed by atoms with Crippen LogP contribution < -0.4 is 4.74 Å². The molecule has 0 saturated carbocycles. The van der Waals surface area contributed by atoms with Gasteiger partial charge >= 0.3 is 0 Å². The molecule has 0 radical (unpaired) electrons. The zero-order valence-corrected chi connectivity index (χ0v) is 14.3. The number of nitrogens with zero attached hydrogens (tertiary/aromatic N) is 1. The zero-order valence-electron chi connectivity index (χ0n) is 12.7. The summed E-state index contributed by atoms with van der Waals surface area (Å²) in [5.74, 6) is 0.507. The first-order valence-corrected chi connectivity index (χ1v) is 7.86. The van der Waals surface area contributed by atoms with Crippen LogP contribution in [-0.4, -0.2) is 32.1 Å². The van der Waals surface area contributed by atoms with Crippen molar-refractivity contribution in [1.29, 1.82) is 0 Å². The highest BCUT2D eigenvalue weighted by molar-refractivity contribution is 9.15. The number of rotatable bonds is 6. The summed E-state index contributed by atoms with van der Waals surface area (Å²) in [6.07, 6.45) is 0. The molecular weight excluding hydrogens is 345 g/mol. The summed E-state index contributed by atoms with van der Waals surface area (Å²) >= 11 is 3.34. The summed E-state index contributed by atoms with van der Waals surface area (Å²) in [4.78, 5) is 2.06. The Kier molecular flexibility index (Phi) is 6.16. The summed E-state index contributed by atoms with van der Waals surface area (Å²) in [5, 5.41) is 0. The van der Waals surface area contributed by atoms with Gasteiger partial charge in [0.15, 0.2) is 0 Å². The van der Waals surface area contributed by atoms with Gasteiger partial charge in [0, 0.05) is 12.1 Å². The molecule has 2 aromatic carbocycles. The number of ether oxygens (including phenoxy) is 1. The lowest BCUT2D eigenvalue weighted by molar-refractivity contribution is 0.261. The van der Waals surface area contributed by atoms with Crippen LogP contribution in [0.2, 0.25) is 0 Å². The molecule has 0 bridgehead atoms. The Morgan fingerprint density at radius 3 is 2.23 bits per heavy atom. The lowest BCUT2D eigenvalue weighted by atomic mass is 10.1. The van der Waals surface area contributed by atoms with Gasteiger partial charge in [-0.05, 0) is 47.7 Å². The number of hydrogen-bond donors (Lipinski definition) is 0. The fourth-order valence-electron chi connectivity index (χ4n) is 1.88. The molecular formula is C18H19BrFNO. The molecule has 22 heavy (non-hydrogen) atoms. The van der Waals surface area contributed by atoms with Gasteiger partial charge in [0.1, 0.15) is 18.2 Å². The zero-order chi connectivity index (χ0) is 15.9. The van der Waals surface area contributed by atoms with Crippen LogP contribution >= 0.6 is 15.9 Å². The molecule has 0 aliphatic heterocycles. The standard InChI is InChI=1S/C18H19BrFNO/c1-21(2)12-13-22-16-10-8-14(9-11-16)17(19)18(20)15-6-4-3-5-7-15/h3-11H,12-13H2,1-2H3/b18-17-. The van der Waals surface area contributed by atoms with Gasteiger partial charge in [-0.25, -0.2) is 4.39 Å². The van der Waals surface area contributed by atoms with Crippen molar-refractivity contribution < 1.29 is 9.13 Å². The summed E-state index contributed by atoms with van der Waals surface area (Å²) < 4.78 is 20.5. The van der Waals surface area contributed by atoms with E-state index in [-0.39, 0.29) is 5.83 Å². The summed E-state index contributed by atoms with van der Waals surface area (Å²) in [7, 11) is 4.00. The van der Waals surface area contributed by atoms with E-state index in [1.165, 1.54) is 0 Å². The van der Waals surface area contributed by atoms with E-state index in [4.69, 9.17) is 4.74 Å². The quantitative estimate of drug-likeness (QED) is 0.682. The molecule has 0 atom stereocenters. The fourth-order valence-corrected chi connectivity index (χ4v) is 2.37. The first-order valence-electron chi connectivity index (χ1n) is 7.06. The second-order valence-corrected chi connectivity index (χ2v) is 5.96. The Morgan fingerprint density at radius 1 is 1.00 bits per heavy atom. The Bertz CT molecular complexity index is 623. The minimum atomic E-state index is -0.276. The van der Waals surface area contributed by atoms with Gasteiger partial charge < -0.3 is 9.64 Å². The molecule has 0 heterocycles. The number of halogens is 2. The largest absolute Gasteiger partial charge is 0.492 e. The molecule has 0 unspecified atom stereocenters. The number of likely N-dealkylation sites (N-methyl/N-ethyl adjacent to an activating group) is 1. The Hall–Kier alpha value is -1.65. The molecule has 0 aliphatic carbocycles. The van der Waals surface area contributed by atoms with Gasteiger partial charge in [-0.1, -0.05) is 42.5 Å². The third kappa shape index (κ3) is 4.68. The maximum absolute atomic E-state index is 14.4. The lowest BCUT2D eigenvalue weighted by Crippen LogP contribution is -2.19. The highest BCUT2D eigenvalue weighted by Crippen LogP contribution is 2.32. The summed E-state index contributed by atoms with van der Waals surface area (Å²) in [6.45, 7) is 1.48. The van der Waals surface area contributed by atoms with E-state index in [2.05, 4.69) is 20.8 Å². The van der Waals surface area contributed by atoms with Gasteiger partial charge in [0.25, 0.3) is 0 Å². The topological polar surface area (TPSA) is 12.5 Å². The van der Waals surface area contributed by atoms with E-state index < -0.39 is 0 Å². The average Bonchev–Trinajstić information content (AvgIpc) is 2.54. The van der Waals surface area contributed by atoms with Crippen LogP contribution in [0.5, 0.6) is 5.75 Å². The molecule has 2 rings (SSSR count). The predicted molar refractivity (Wildman–Crippen MR) is 93.8 cm³/mol. The van der Waals surface area contributed by atoms with Gasteiger partial charge in [-0.3, -0.25) is 0 Å². The second-order valence-electron chi connectivity index (χ2n) is 5.17. The van der Waals surface area contributed by atoms with Gasteiger partial charge in [-0.2, -0.15) is 0 Å². The van der Waals surface area contributed by atoms with Crippen LogP contribution in [0.25, 0.3) is 10.3 Å². The predicted octanol–water partition coefficient (Wildman–Crippen LogP) is 4.82. The minimum absolute atomic E-state index is 0.276. The van der Waals surface area contributed by atoms with Gasteiger partial charge in [-0.15, -0.1) is 0 Å². The minimum Gasteiger partial charge on any atom is -0.492 e. The second kappa shape index (κ2) is 8.11. The van der Waals surface area contributed by atoms with Crippen LogP contribution in [-0.2, 0) is 0 Å². The highest BCUT2D eigenvalue weighted by atomic mass is 79.9. The first kappa shape index (κ1) is 16.7. The van der Waals surface area contributed by atoms with Crippen LogP contribution in [0, 0.1) is 0 Å². The van der Waals surface area contributed by atoms with Crippen molar-refractivity contribution in [3.05, 3.63) is 65.7 Å². The van der Waals surface area contributed by atoms with Crippen molar-refractivity contribution in [2.75, 3.05) is 27.2 Å². The third-order valence-electron chi connectivity index (χ3n) is 3.13. The number of benzene rings is 2. The van der Waals surface area contributed by atoms with Crippen molar-refractivity contribution in [3.8, 4) is 5.75 Å². The lowest BCUT2D eigenvalue weighted by Gasteiger charge is -2.11. The third-order valence-corrected chi connectivity index (χ3v) is 3.94. The van der Waals surface area contributed by atoms with Crippen molar-refractivity contribution >= 4 is 26.2 Å². The molecule has 0 aromatic heterocycles. The van der Waals surface area contributed by atoms with Crippen molar-refractivity contribution in [3.63, 3.8) is 0 Å². The molecule has 4 heteroatoms. The molecule has 0 amide bonds. The van der Waals surface area contributed by atoms with E-state index in [1.807, 2.05) is 56.6 Å². The average molecular weight is 364 g/mol. The molecule has 116 valence electrons. The maximum Gasteiger partial charge on any atom is 0.145 e. The fraction of sp³-hybridized carbons (Fsp3) is 0.222. The van der Waals surface area contributed by atoms with E-state index in [0.717, 1.165) is 17.9 Å².